The van der Waals surface area contributed by atoms with Crippen LogP contribution in [0.4, 0.5) is 14.5 Å². The van der Waals surface area contributed by atoms with Crippen molar-refractivity contribution < 1.29 is 32.6 Å². The van der Waals surface area contributed by atoms with E-state index >= 15 is 0 Å². The van der Waals surface area contributed by atoms with Gasteiger partial charge in [-0.3, -0.25) is 4.79 Å². The van der Waals surface area contributed by atoms with Crippen LogP contribution < -0.4 is 5.32 Å². The maximum absolute atomic E-state index is 13.8. The summed E-state index contributed by atoms with van der Waals surface area (Å²) < 4.78 is 37.8. The summed E-state index contributed by atoms with van der Waals surface area (Å²) in [4.78, 5) is 41.5. The second-order valence-electron chi connectivity index (χ2n) is 7.26. The molecule has 0 atom stereocenters. The van der Waals surface area contributed by atoms with Gasteiger partial charge >= 0.3 is 11.9 Å². The van der Waals surface area contributed by atoms with Crippen LogP contribution in [0.5, 0.6) is 0 Å². The van der Waals surface area contributed by atoms with E-state index in [4.69, 9.17) is 0 Å². The molecule has 0 radical (unpaired) electrons. The number of carbonyl (C=O) groups is 3. The number of benzene rings is 2. The van der Waals surface area contributed by atoms with Crippen LogP contribution in [0.25, 0.3) is 16.9 Å². The van der Waals surface area contributed by atoms with E-state index in [1.807, 2.05) is 0 Å². The average Bonchev–Trinajstić information content (AvgIpc) is 3.31. The first-order valence-corrected chi connectivity index (χ1v) is 10.2. The SMILES string of the molecule is COC(=O)c1cc(NC(=O)c2cnn3c(C(F)F)cc(-c4ccccc4)nc23)cc(C(=O)OC)c1. The number of nitrogens with one attached hydrogen (secondary N) is 1. The van der Waals surface area contributed by atoms with Gasteiger partial charge in [0.2, 0.25) is 0 Å². The molecule has 9 nitrogen and oxygen atoms in total. The summed E-state index contributed by atoms with van der Waals surface area (Å²) in [5, 5.41) is 6.47. The van der Waals surface area contributed by atoms with E-state index in [1.54, 1.807) is 30.3 Å². The number of methoxy groups -OCH3 is 2. The van der Waals surface area contributed by atoms with E-state index in [0.717, 1.165) is 10.7 Å². The highest BCUT2D eigenvalue weighted by Gasteiger charge is 2.22. The van der Waals surface area contributed by atoms with Crippen LogP contribution in [-0.4, -0.2) is 46.7 Å². The molecule has 0 aliphatic rings. The first-order chi connectivity index (χ1) is 16.8. The van der Waals surface area contributed by atoms with Crippen LogP contribution in [0.3, 0.4) is 0 Å². The summed E-state index contributed by atoms with van der Waals surface area (Å²) in [7, 11) is 2.34. The number of hydrogen-bond donors (Lipinski definition) is 1. The number of alkyl halides is 2. The number of aromatic nitrogens is 3. The number of hydrogen-bond acceptors (Lipinski definition) is 7. The number of carbonyl (C=O) groups excluding carboxylic acids is 3. The molecule has 4 rings (SSSR count). The number of esters is 2. The Morgan fingerprint density at radius 2 is 1.57 bits per heavy atom. The van der Waals surface area contributed by atoms with E-state index in [9.17, 15) is 23.2 Å². The minimum absolute atomic E-state index is 0.00459. The lowest BCUT2D eigenvalue weighted by atomic mass is 10.1. The zero-order valence-electron chi connectivity index (χ0n) is 18.5. The monoisotopic (exact) mass is 480 g/mol. The van der Waals surface area contributed by atoms with Gasteiger partial charge in [0.25, 0.3) is 12.3 Å². The summed E-state index contributed by atoms with van der Waals surface area (Å²) in [6.07, 6.45) is -1.76. The normalized spacial score (nSPS) is 10.9. The fourth-order valence-corrected chi connectivity index (χ4v) is 3.43. The van der Waals surface area contributed by atoms with Crippen LogP contribution in [0, 0.1) is 0 Å². The Labute approximate surface area is 197 Å². The van der Waals surface area contributed by atoms with Gasteiger partial charge in [0.05, 0.1) is 37.2 Å². The molecule has 2 aromatic heterocycles. The Morgan fingerprint density at radius 1 is 0.943 bits per heavy atom. The molecule has 1 amide bonds. The van der Waals surface area contributed by atoms with Gasteiger partial charge in [-0.25, -0.2) is 27.9 Å². The van der Waals surface area contributed by atoms with E-state index in [1.165, 1.54) is 38.5 Å². The maximum atomic E-state index is 13.8. The first kappa shape index (κ1) is 23.5. The highest BCUT2D eigenvalue weighted by molar-refractivity contribution is 6.09. The van der Waals surface area contributed by atoms with Crippen molar-refractivity contribution >= 4 is 29.2 Å². The molecule has 0 spiro atoms. The fraction of sp³-hybridized carbons (Fsp3) is 0.125. The molecule has 4 aromatic rings. The van der Waals surface area contributed by atoms with Gasteiger partial charge in [0.15, 0.2) is 5.65 Å². The molecular weight excluding hydrogens is 462 g/mol. The third-order valence-corrected chi connectivity index (χ3v) is 5.07. The average molecular weight is 480 g/mol. The van der Waals surface area contributed by atoms with Crippen molar-refractivity contribution in [3.63, 3.8) is 0 Å². The number of ether oxygens (including phenoxy) is 2. The largest absolute Gasteiger partial charge is 0.465 e. The van der Waals surface area contributed by atoms with Crippen molar-refractivity contribution in [3.8, 4) is 11.3 Å². The molecule has 178 valence electrons. The first-order valence-electron chi connectivity index (χ1n) is 10.2. The Balaban J connectivity index is 1.77. The zero-order valence-corrected chi connectivity index (χ0v) is 18.5. The van der Waals surface area contributed by atoms with Crippen LogP contribution in [0.2, 0.25) is 0 Å². The van der Waals surface area contributed by atoms with E-state index in [2.05, 4.69) is 24.9 Å². The molecule has 0 saturated heterocycles. The molecule has 2 aromatic carbocycles. The van der Waals surface area contributed by atoms with Gasteiger partial charge in [0.1, 0.15) is 11.3 Å². The van der Waals surface area contributed by atoms with Crippen LogP contribution >= 0.6 is 0 Å². The lowest BCUT2D eigenvalue weighted by Crippen LogP contribution is -2.15. The fourth-order valence-electron chi connectivity index (χ4n) is 3.43. The third kappa shape index (κ3) is 4.69. The molecule has 0 saturated carbocycles. The van der Waals surface area contributed by atoms with Crippen molar-refractivity contribution in [2.45, 2.75) is 6.43 Å². The summed E-state index contributed by atoms with van der Waals surface area (Å²) in [5.41, 5.74) is 0.274. The van der Waals surface area contributed by atoms with Crippen molar-refractivity contribution in [2.75, 3.05) is 19.5 Å². The second-order valence-corrected chi connectivity index (χ2v) is 7.26. The molecule has 11 heteroatoms. The summed E-state index contributed by atoms with van der Waals surface area (Å²) >= 11 is 0. The topological polar surface area (TPSA) is 112 Å². The summed E-state index contributed by atoms with van der Waals surface area (Å²) in [6.45, 7) is 0. The molecule has 35 heavy (non-hydrogen) atoms. The predicted octanol–water partition coefficient (Wildman–Crippen LogP) is 4.16. The molecule has 0 fully saturated rings. The molecule has 0 aliphatic heterocycles. The summed E-state index contributed by atoms with van der Waals surface area (Å²) in [5.74, 6) is -2.22. The van der Waals surface area contributed by atoms with Gasteiger partial charge in [-0.15, -0.1) is 0 Å². The number of fused-ring (bicyclic) bond motifs is 1. The Bertz CT molecular complexity index is 1400. The van der Waals surface area contributed by atoms with Crippen molar-refractivity contribution in [3.05, 3.63) is 83.2 Å². The van der Waals surface area contributed by atoms with Crippen LogP contribution in [-0.2, 0) is 9.47 Å². The van der Waals surface area contributed by atoms with Gasteiger partial charge in [-0.2, -0.15) is 5.10 Å². The maximum Gasteiger partial charge on any atom is 0.337 e. The van der Waals surface area contributed by atoms with Crippen LogP contribution in [0.15, 0.2) is 60.8 Å². The zero-order chi connectivity index (χ0) is 25.1. The minimum Gasteiger partial charge on any atom is -0.465 e. The van der Waals surface area contributed by atoms with E-state index in [-0.39, 0.29) is 33.7 Å². The quantitative estimate of drug-likeness (QED) is 0.413. The molecule has 0 aliphatic carbocycles. The van der Waals surface area contributed by atoms with Crippen molar-refractivity contribution in [2.24, 2.45) is 0 Å². The number of amides is 1. The highest BCUT2D eigenvalue weighted by Crippen LogP contribution is 2.27. The van der Waals surface area contributed by atoms with Gasteiger partial charge in [0, 0.05) is 11.3 Å². The molecule has 2 heterocycles. The third-order valence-electron chi connectivity index (χ3n) is 5.07. The number of halogens is 2. The second kappa shape index (κ2) is 9.67. The highest BCUT2D eigenvalue weighted by atomic mass is 19.3. The van der Waals surface area contributed by atoms with Gasteiger partial charge < -0.3 is 14.8 Å². The molecule has 0 bridgehead atoms. The van der Waals surface area contributed by atoms with E-state index < -0.39 is 30.0 Å². The Kier molecular flexibility index (Phi) is 6.49. The standard InChI is InChI=1S/C24H18F2N4O5/c1-34-23(32)14-8-15(24(33)35-2)10-16(9-14)28-22(31)17-12-27-30-19(20(25)26)11-18(29-21(17)30)13-6-4-3-5-7-13/h3-12,20H,1-2H3,(H,28,31). The lowest BCUT2D eigenvalue weighted by molar-refractivity contribution is 0.0598. The molecule has 0 unspecified atom stereocenters. The smallest absolute Gasteiger partial charge is 0.337 e. The summed E-state index contributed by atoms with van der Waals surface area (Å²) in [6, 6.07) is 13.7. The minimum atomic E-state index is -2.88. The Morgan fingerprint density at radius 3 is 2.14 bits per heavy atom. The molecule has 1 N–H and O–H groups in total. The number of rotatable bonds is 6. The Hall–Kier alpha value is -4.67. The molecular formula is C24H18F2N4O5. The van der Waals surface area contributed by atoms with E-state index in [0.29, 0.717) is 5.56 Å². The number of nitrogens with zero attached hydrogens (tertiary/aromatic N) is 3. The lowest BCUT2D eigenvalue weighted by Gasteiger charge is -2.10. The predicted molar refractivity (Wildman–Crippen MR) is 120 cm³/mol. The van der Waals surface area contributed by atoms with Crippen molar-refractivity contribution in [1.82, 2.24) is 14.6 Å². The number of anilines is 1. The van der Waals surface area contributed by atoms with Gasteiger partial charge in [-0.1, -0.05) is 30.3 Å². The van der Waals surface area contributed by atoms with Crippen LogP contribution in [0.1, 0.15) is 43.2 Å². The van der Waals surface area contributed by atoms with Gasteiger partial charge in [-0.05, 0) is 24.3 Å². The van der Waals surface area contributed by atoms with Crippen molar-refractivity contribution in [1.29, 1.82) is 0 Å².